The molecular formula is C23H26N8O3S. The van der Waals surface area contributed by atoms with Crippen molar-refractivity contribution in [3.05, 3.63) is 42.1 Å². The number of nitrogens with zero attached hydrogens (tertiary/aromatic N) is 5. The largest absolute Gasteiger partial charge is 0.477 e. The summed E-state index contributed by atoms with van der Waals surface area (Å²) < 4.78 is 9.36. The fourth-order valence-corrected chi connectivity index (χ4v) is 4.87. The Balaban J connectivity index is 1.34. The summed E-state index contributed by atoms with van der Waals surface area (Å²) in [5.74, 6) is 0.272. The molecular weight excluding hydrogens is 468 g/mol. The van der Waals surface area contributed by atoms with Gasteiger partial charge >= 0.3 is 0 Å². The molecule has 1 aliphatic heterocycles. The van der Waals surface area contributed by atoms with E-state index in [4.69, 9.17) is 4.74 Å². The average Bonchev–Trinajstić information content (AvgIpc) is 3.55. The molecule has 0 atom stereocenters. The van der Waals surface area contributed by atoms with Gasteiger partial charge in [0.25, 0.3) is 5.91 Å². The molecule has 0 radical (unpaired) electrons. The molecule has 0 fully saturated rings. The molecule has 0 saturated carbocycles. The van der Waals surface area contributed by atoms with Gasteiger partial charge in [0.15, 0.2) is 0 Å². The van der Waals surface area contributed by atoms with E-state index in [9.17, 15) is 9.59 Å². The normalized spacial score (nSPS) is 12.9. The van der Waals surface area contributed by atoms with Gasteiger partial charge in [-0.1, -0.05) is 6.92 Å². The topological polar surface area (TPSA) is 127 Å². The van der Waals surface area contributed by atoms with Gasteiger partial charge in [0, 0.05) is 19.2 Å². The Bertz CT molecular complexity index is 1390. The number of ether oxygens (including phenoxy) is 1. The molecule has 0 aliphatic carbocycles. The Morgan fingerprint density at radius 1 is 1.20 bits per heavy atom. The van der Waals surface area contributed by atoms with Crippen molar-refractivity contribution in [2.24, 2.45) is 0 Å². The summed E-state index contributed by atoms with van der Waals surface area (Å²) in [6.45, 7) is 6.30. The zero-order valence-electron chi connectivity index (χ0n) is 19.5. The fraction of sp³-hybridized carbons (Fsp3) is 0.348. The van der Waals surface area contributed by atoms with E-state index in [2.05, 4.69) is 31.1 Å². The van der Waals surface area contributed by atoms with Gasteiger partial charge in [-0.3, -0.25) is 14.6 Å². The van der Waals surface area contributed by atoms with E-state index >= 15 is 0 Å². The molecule has 0 unspecified atom stereocenters. The Morgan fingerprint density at radius 3 is 2.94 bits per heavy atom. The van der Waals surface area contributed by atoms with Crippen LogP contribution >= 0.6 is 11.3 Å². The number of anilines is 2. The van der Waals surface area contributed by atoms with Crippen molar-refractivity contribution in [2.75, 3.05) is 30.3 Å². The number of nitrogens with one attached hydrogen (secondary N) is 3. The quantitative estimate of drug-likeness (QED) is 0.321. The lowest BCUT2D eigenvalue weighted by Gasteiger charge is -2.15. The van der Waals surface area contributed by atoms with Crippen molar-refractivity contribution in [3.8, 4) is 16.3 Å². The fourth-order valence-electron chi connectivity index (χ4n) is 3.81. The maximum atomic E-state index is 13.2. The standard InChI is InChI=1S/C23H26N8O3S/c1-3-5-24-12-20(32)28-15-8-18(14(2)25-9-15)29-21(33)17-11-27-31-13-19(35-23(17)31)16-10-26-30-6-4-7-34-22(16)30/h8-11,13,24H,3-7,12H2,1-2H3,(H,28,32)(H,29,33). The van der Waals surface area contributed by atoms with Gasteiger partial charge in [0.2, 0.25) is 11.8 Å². The molecule has 35 heavy (non-hydrogen) atoms. The number of hydrogen-bond donors (Lipinski definition) is 3. The van der Waals surface area contributed by atoms with Crippen LogP contribution in [0, 0.1) is 6.92 Å². The van der Waals surface area contributed by atoms with Crippen LogP contribution < -0.4 is 20.7 Å². The summed E-state index contributed by atoms with van der Waals surface area (Å²) in [6, 6.07) is 1.70. The van der Waals surface area contributed by atoms with Crippen molar-refractivity contribution in [1.29, 1.82) is 0 Å². The van der Waals surface area contributed by atoms with E-state index in [1.54, 1.807) is 36.1 Å². The minimum atomic E-state index is -0.306. The second kappa shape index (κ2) is 9.84. The maximum absolute atomic E-state index is 13.2. The third kappa shape index (κ3) is 4.75. The molecule has 182 valence electrons. The van der Waals surface area contributed by atoms with Gasteiger partial charge in [0.1, 0.15) is 4.83 Å². The number of aromatic nitrogens is 5. The second-order valence-corrected chi connectivity index (χ2v) is 9.26. The number of carbonyl (C=O) groups is 2. The molecule has 0 saturated heterocycles. The summed E-state index contributed by atoms with van der Waals surface area (Å²) in [5, 5.41) is 17.5. The first-order valence-corrected chi connectivity index (χ1v) is 12.3. The lowest BCUT2D eigenvalue weighted by atomic mass is 10.2. The third-order valence-electron chi connectivity index (χ3n) is 5.58. The van der Waals surface area contributed by atoms with Gasteiger partial charge in [-0.05, 0) is 26.0 Å². The van der Waals surface area contributed by atoms with Gasteiger partial charge in [-0.25, -0.2) is 9.20 Å². The van der Waals surface area contributed by atoms with Crippen LogP contribution in [0.1, 0.15) is 35.8 Å². The molecule has 3 N–H and O–H groups in total. The number of rotatable bonds is 8. The number of pyridine rings is 1. The number of amides is 2. The summed E-state index contributed by atoms with van der Waals surface area (Å²) in [6.07, 6.45) is 8.66. The van der Waals surface area contributed by atoms with Crippen LogP contribution in [0.4, 0.5) is 11.4 Å². The van der Waals surface area contributed by atoms with Crippen molar-refractivity contribution < 1.29 is 14.3 Å². The van der Waals surface area contributed by atoms with Crippen molar-refractivity contribution in [1.82, 2.24) is 29.7 Å². The van der Waals surface area contributed by atoms with Gasteiger partial charge in [0.05, 0.1) is 64.8 Å². The minimum Gasteiger partial charge on any atom is -0.477 e. The van der Waals surface area contributed by atoms with Crippen LogP contribution in [-0.4, -0.2) is 55.9 Å². The van der Waals surface area contributed by atoms with Crippen LogP contribution in [0.5, 0.6) is 5.88 Å². The van der Waals surface area contributed by atoms with Gasteiger partial charge < -0.3 is 20.7 Å². The third-order valence-corrected chi connectivity index (χ3v) is 6.73. The number of hydrogen-bond acceptors (Lipinski definition) is 8. The molecule has 0 spiro atoms. The Hall–Kier alpha value is -3.77. The summed E-state index contributed by atoms with van der Waals surface area (Å²) >= 11 is 1.45. The minimum absolute atomic E-state index is 0.169. The molecule has 0 aromatic carbocycles. The van der Waals surface area contributed by atoms with E-state index in [-0.39, 0.29) is 18.4 Å². The molecule has 5 rings (SSSR count). The molecule has 4 aromatic rings. The number of fused-ring (bicyclic) bond motifs is 2. The highest BCUT2D eigenvalue weighted by Gasteiger charge is 2.22. The van der Waals surface area contributed by atoms with Crippen LogP contribution in [0.15, 0.2) is 30.9 Å². The smallest absolute Gasteiger partial charge is 0.260 e. The highest BCUT2D eigenvalue weighted by molar-refractivity contribution is 7.21. The molecule has 5 heterocycles. The van der Waals surface area contributed by atoms with Crippen LogP contribution in [0.3, 0.4) is 0 Å². The first-order valence-electron chi connectivity index (χ1n) is 11.5. The van der Waals surface area contributed by atoms with E-state index in [1.165, 1.54) is 11.3 Å². The molecule has 11 nitrogen and oxygen atoms in total. The zero-order valence-corrected chi connectivity index (χ0v) is 20.3. The van der Waals surface area contributed by atoms with Crippen LogP contribution in [0.25, 0.3) is 15.3 Å². The molecule has 1 aliphatic rings. The van der Waals surface area contributed by atoms with Gasteiger partial charge in [-0.2, -0.15) is 10.2 Å². The first kappa shape index (κ1) is 23.0. The highest BCUT2D eigenvalue weighted by Crippen LogP contribution is 2.37. The number of carbonyl (C=O) groups excluding carboxylic acids is 2. The predicted molar refractivity (Wildman–Crippen MR) is 133 cm³/mol. The Kier molecular flexibility index (Phi) is 6.47. The van der Waals surface area contributed by atoms with Crippen molar-refractivity contribution in [2.45, 2.75) is 33.2 Å². The molecule has 2 amide bonds. The van der Waals surface area contributed by atoms with Crippen LogP contribution in [0.2, 0.25) is 0 Å². The van der Waals surface area contributed by atoms with E-state index in [0.717, 1.165) is 42.3 Å². The Morgan fingerprint density at radius 2 is 2.09 bits per heavy atom. The van der Waals surface area contributed by atoms with Crippen molar-refractivity contribution >= 4 is 39.4 Å². The summed E-state index contributed by atoms with van der Waals surface area (Å²) in [7, 11) is 0. The SMILES string of the molecule is CCCNCC(=O)Nc1cnc(C)c(NC(=O)c2cnn3cc(-c4cnn5c4OCCC5)sc23)c1. The Labute approximate surface area is 205 Å². The molecule has 4 aromatic heterocycles. The van der Waals surface area contributed by atoms with Gasteiger partial charge in [-0.15, -0.1) is 11.3 Å². The monoisotopic (exact) mass is 494 g/mol. The number of thiazole rings is 1. The predicted octanol–water partition coefficient (Wildman–Crippen LogP) is 2.94. The van der Waals surface area contributed by atoms with E-state index in [0.29, 0.717) is 34.1 Å². The van der Waals surface area contributed by atoms with Crippen molar-refractivity contribution in [3.63, 3.8) is 0 Å². The van der Waals surface area contributed by atoms with E-state index in [1.807, 2.05) is 17.8 Å². The summed E-state index contributed by atoms with van der Waals surface area (Å²) in [4.78, 5) is 31.2. The highest BCUT2D eigenvalue weighted by atomic mass is 32.1. The molecule has 12 heteroatoms. The maximum Gasteiger partial charge on any atom is 0.260 e. The zero-order chi connectivity index (χ0) is 24.4. The summed E-state index contributed by atoms with van der Waals surface area (Å²) in [5.41, 5.74) is 3.01. The second-order valence-electron chi connectivity index (χ2n) is 8.23. The average molecular weight is 495 g/mol. The lowest BCUT2D eigenvalue weighted by Crippen LogP contribution is -2.28. The lowest BCUT2D eigenvalue weighted by molar-refractivity contribution is -0.115. The molecule has 0 bridgehead atoms. The van der Waals surface area contributed by atoms with Crippen LogP contribution in [-0.2, 0) is 11.3 Å². The van der Waals surface area contributed by atoms with E-state index < -0.39 is 0 Å². The first-order chi connectivity index (χ1) is 17.0. The number of aryl methyl sites for hydroxylation is 2.